The molecule has 1 heterocycles. The quantitative estimate of drug-likeness (QED) is 0.832. The summed E-state index contributed by atoms with van der Waals surface area (Å²) in [5.74, 6) is -0.497. The van der Waals surface area contributed by atoms with E-state index in [0.717, 1.165) is 5.69 Å². The van der Waals surface area contributed by atoms with Crippen LogP contribution in [0.5, 0.6) is 5.75 Å². The van der Waals surface area contributed by atoms with Crippen LogP contribution >= 0.6 is 15.9 Å². The molecular formula is C14H15BrFN3O. The van der Waals surface area contributed by atoms with E-state index in [1.54, 1.807) is 6.07 Å². The number of phenols is 1. The van der Waals surface area contributed by atoms with E-state index in [4.69, 9.17) is 5.73 Å². The molecule has 0 radical (unpaired) electrons. The smallest absolute Gasteiger partial charge is 0.165 e. The van der Waals surface area contributed by atoms with Crippen LogP contribution in [0.3, 0.4) is 0 Å². The molecule has 0 bridgehead atoms. The van der Waals surface area contributed by atoms with Crippen molar-refractivity contribution in [2.24, 2.45) is 0 Å². The Morgan fingerprint density at radius 3 is 2.45 bits per heavy atom. The van der Waals surface area contributed by atoms with Gasteiger partial charge in [-0.25, -0.2) is 14.4 Å². The van der Waals surface area contributed by atoms with Gasteiger partial charge in [0.05, 0.1) is 10.2 Å². The molecule has 0 fully saturated rings. The number of aromatic hydroxyl groups is 1. The van der Waals surface area contributed by atoms with Crippen molar-refractivity contribution in [2.75, 3.05) is 5.73 Å². The van der Waals surface area contributed by atoms with Crippen LogP contribution in [0.4, 0.5) is 10.2 Å². The summed E-state index contributed by atoms with van der Waals surface area (Å²) < 4.78 is 14.1. The van der Waals surface area contributed by atoms with Crippen LogP contribution in [-0.2, 0) is 5.41 Å². The Morgan fingerprint density at radius 1 is 1.25 bits per heavy atom. The number of hydrogen-bond donors (Lipinski definition) is 2. The first kappa shape index (κ1) is 14.7. The summed E-state index contributed by atoms with van der Waals surface area (Å²) in [6.45, 7) is 6.00. The van der Waals surface area contributed by atoms with Crippen molar-refractivity contribution in [3.05, 3.63) is 34.2 Å². The third-order valence-corrected chi connectivity index (χ3v) is 3.57. The van der Waals surface area contributed by atoms with Crippen molar-refractivity contribution in [1.82, 2.24) is 9.97 Å². The third kappa shape index (κ3) is 2.75. The number of rotatable bonds is 1. The van der Waals surface area contributed by atoms with Crippen LogP contribution in [0, 0.1) is 5.82 Å². The monoisotopic (exact) mass is 339 g/mol. The number of hydrogen-bond acceptors (Lipinski definition) is 4. The largest absolute Gasteiger partial charge is 0.505 e. The van der Waals surface area contributed by atoms with E-state index >= 15 is 0 Å². The highest BCUT2D eigenvalue weighted by molar-refractivity contribution is 9.10. The predicted octanol–water partition coefficient (Wildman–Crippen LogP) is 3.63. The summed E-state index contributed by atoms with van der Waals surface area (Å²) >= 11 is 3.38. The molecule has 1 aromatic carbocycles. The Labute approximate surface area is 125 Å². The lowest BCUT2D eigenvalue weighted by molar-refractivity contribution is 0.432. The van der Waals surface area contributed by atoms with Gasteiger partial charge in [0.2, 0.25) is 0 Å². The molecule has 0 aliphatic rings. The molecule has 1 aromatic heterocycles. The number of nitrogen functional groups attached to an aromatic ring is 1. The molecule has 4 nitrogen and oxygen atoms in total. The van der Waals surface area contributed by atoms with Gasteiger partial charge in [-0.1, -0.05) is 20.8 Å². The fraction of sp³-hybridized carbons (Fsp3) is 0.286. The van der Waals surface area contributed by atoms with Crippen LogP contribution in [0.25, 0.3) is 11.4 Å². The fourth-order valence-electron chi connectivity index (χ4n) is 1.74. The summed E-state index contributed by atoms with van der Waals surface area (Å²) in [6.07, 6.45) is 0. The van der Waals surface area contributed by atoms with E-state index in [0.29, 0.717) is 21.7 Å². The van der Waals surface area contributed by atoms with E-state index in [2.05, 4.69) is 25.9 Å². The molecule has 3 N–H and O–H groups in total. The zero-order valence-corrected chi connectivity index (χ0v) is 13.0. The molecule has 6 heteroatoms. The van der Waals surface area contributed by atoms with Crippen molar-refractivity contribution in [1.29, 1.82) is 0 Å². The Morgan fingerprint density at radius 2 is 1.90 bits per heavy atom. The highest BCUT2D eigenvalue weighted by Crippen LogP contribution is 2.33. The van der Waals surface area contributed by atoms with E-state index in [9.17, 15) is 9.50 Å². The molecule has 0 unspecified atom stereocenters. The van der Waals surface area contributed by atoms with Crippen molar-refractivity contribution in [2.45, 2.75) is 26.2 Å². The van der Waals surface area contributed by atoms with Gasteiger partial charge in [0, 0.05) is 11.0 Å². The second-order valence-electron chi connectivity index (χ2n) is 5.51. The van der Waals surface area contributed by atoms with Gasteiger partial charge in [0.15, 0.2) is 17.4 Å². The maximum Gasteiger partial charge on any atom is 0.165 e. The number of aromatic nitrogens is 2. The first-order valence-electron chi connectivity index (χ1n) is 6.02. The third-order valence-electron chi connectivity index (χ3n) is 2.79. The molecule has 2 aromatic rings. The molecule has 0 amide bonds. The molecular weight excluding hydrogens is 325 g/mol. The lowest BCUT2D eigenvalue weighted by atomic mass is 9.91. The predicted molar refractivity (Wildman–Crippen MR) is 79.9 cm³/mol. The van der Waals surface area contributed by atoms with Gasteiger partial charge in [0.25, 0.3) is 0 Å². The van der Waals surface area contributed by atoms with Gasteiger partial charge in [-0.05, 0) is 34.1 Å². The van der Waals surface area contributed by atoms with Crippen LogP contribution in [0.2, 0.25) is 0 Å². The standard InChI is InChI=1S/C14H15BrFN3O/c1-14(2,3)11-10(15)12(17)19-13(18-11)7-4-5-9(20)8(16)6-7/h4-6,20H,1-3H3,(H2,17,18,19). The van der Waals surface area contributed by atoms with Crippen molar-refractivity contribution in [3.8, 4) is 17.1 Å². The molecule has 0 spiro atoms. The number of halogens is 2. The van der Waals surface area contributed by atoms with Crippen LogP contribution in [0.1, 0.15) is 26.5 Å². The minimum absolute atomic E-state index is 0.236. The maximum absolute atomic E-state index is 13.4. The Hall–Kier alpha value is -1.69. The zero-order chi connectivity index (χ0) is 15.1. The minimum Gasteiger partial charge on any atom is -0.505 e. The fourth-order valence-corrected chi connectivity index (χ4v) is 2.51. The van der Waals surface area contributed by atoms with Crippen molar-refractivity contribution >= 4 is 21.7 Å². The molecule has 0 aliphatic heterocycles. The van der Waals surface area contributed by atoms with Crippen molar-refractivity contribution in [3.63, 3.8) is 0 Å². The molecule has 0 saturated carbocycles. The first-order chi connectivity index (χ1) is 9.20. The van der Waals surface area contributed by atoms with Gasteiger partial charge in [-0.3, -0.25) is 0 Å². The van der Waals surface area contributed by atoms with Crippen LogP contribution in [0.15, 0.2) is 22.7 Å². The normalized spacial score (nSPS) is 11.7. The number of nitrogens with two attached hydrogens (primary N) is 1. The van der Waals surface area contributed by atoms with Gasteiger partial charge in [-0.15, -0.1) is 0 Å². The highest BCUT2D eigenvalue weighted by Gasteiger charge is 2.23. The second kappa shape index (κ2) is 5.01. The average Bonchev–Trinajstić information content (AvgIpc) is 2.34. The highest BCUT2D eigenvalue weighted by atomic mass is 79.9. The Balaban J connectivity index is 2.63. The van der Waals surface area contributed by atoms with Crippen LogP contribution < -0.4 is 5.73 Å². The lowest BCUT2D eigenvalue weighted by Gasteiger charge is -2.20. The Bertz CT molecular complexity index is 668. The molecule has 2 rings (SSSR count). The zero-order valence-electron chi connectivity index (χ0n) is 11.4. The number of nitrogens with zero attached hydrogens (tertiary/aromatic N) is 2. The van der Waals surface area contributed by atoms with Gasteiger partial charge in [0.1, 0.15) is 5.82 Å². The lowest BCUT2D eigenvalue weighted by Crippen LogP contribution is -2.17. The summed E-state index contributed by atoms with van der Waals surface area (Å²) in [4.78, 5) is 8.62. The molecule has 106 valence electrons. The number of benzene rings is 1. The van der Waals surface area contributed by atoms with E-state index < -0.39 is 11.6 Å². The summed E-state index contributed by atoms with van der Waals surface area (Å²) in [5.41, 5.74) is 6.85. The molecule has 0 saturated heterocycles. The second-order valence-corrected chi connectivity index (χ2v) is 6.30. The molecule has 0 aliphatic carbocycles. The molecule has 20 heavy (non-hydrogen) atoms. The average molecular weight is 340 g/mol. The van der Waals surface area contributed by atoms with Gasteiger partial charge >= 0.3 is 0 Å². The minimum atomic E-state index is -0.718. The number of anilines is 1. The van der Waals surface area contributed by atoms with E-state index in [1.807, 2.05) is 20.8 Å². The van der Waals surface area contributed by atoms with E-state index in [1.165, 1.54) is 12.1 Å². The summed E-state index contributed by atoms with van der Waals surface area (Å²) in [7, 11) is 0. The SMILES string of the molecule is CC(C)(C)c1nc(-c2ccc(O)c(F)c2)nc(N)c1Br. The number of phenolic OH excluding ortho intramolecular Hbond substituents is 1. The van der Waals surface area contributed by atoms with Crippen molar-refractivity contribution < 1.29 is 9.50 Å². The molecule has 0 atom stereocenters. The topological polar surface area (TPSA) is 72.0 Å². The Kier molecular flexibility index (Phi) is 3.69. The summed E-state index contributed by atoms with van der Waals surface area (Å²) in [6, 6.07) is 4.00. The maximum atomic E-state index is 13.4. The van der Waals surface area contributed by atoms with Gasteiger partial charge < -0.3 is 10.8 Å². The first-order valence-corrected chi connectivity index (χ1v) is 6.82. The van der Waals surface area contributed by atoms with Crippen LogP contribution in [-0.4, -0.2) is 15.1 Å². The van der Waals surface area contributed by atoms with Gasteiger partial charge in [-0.2, -0.15) is 0 Å². The summed E-state index contributed by atoms with van der Waals surface area (Å²) in [5, 5.41) is 9.23. The van der Waals surface area contributed by atoms with E-state index in [-0.39, 0.29) is 5.41 Å².